The van der Waals surface area contributed by atoms with Gasteiger partial charge in [-0.15, -0.1) is 0 Å². The van der Waals surface area contributed by atoms with Crippen LogP contribution in [0, 0.1) is 11.8 Å². The van der Waals surface area contributed by atoms with Gasteiger partial charge in [0.1, 0.15) is 12.4 Å². The van der Waals surface area contributed by atoms with Crippen molar-refractivity contribution in [1.82, 2.24) is 4.98 Å². The number of pyridine rings is 1. The van der Waals surface area contributed by atoms with E-state index in [-0.39, 0.29) is 12.1 Å². The maximum Gasteiger partial charge on any atom is 0.415 e. The summed E-state index contributed by atoms with van der Waals surface area (Å²) in [6.45, 7) is 9.07. The Balaban J connectivity index is 2.14. The summed E-state index contributed by atoms with van der Waals surface area (Å²) < 4.78 is 5.15. The van der Waals surface area contributed by atoms with Crippen molar-refractivity contribution in [2.75, 3.05) is 11.5 Å². The van der Waals surface area contributed by atoms with Gasteiger partial charge in [0.15, 0.2) is 0 Å². The van der Waals surface area contributed by atoms with Crippen molar-refractivity contribution in [3.63, 3.8) is 0 Å². The first-order chi connectivity index (χ1) is 9.52. The molecule has 2 atom stereocenters. The maximum absolute atomic E-state index is 11.9. The monoisotopic (exact) mass is 276 g/mol. The molecule has 0 radical (unpaired) electrons. The lowest BCUT2D eigenvalue weighted by Crippen LogP contribution is -2.37. The Hall–Kier alpha value is -1.58. The zero-order valence-corrected chi connectivity index (χ0v) is 12.8. The second-order valence-electron chi connectivity index (χ2n) is 6.00. The van der Waals surface area contributed by atoms with E-state index in [9.17, 15) is 4.79 Å². The Morgan fingerprint density at radius 3 is 2.70 bits per heavy atom. The molecule has 0 N–H and O–H groups in total. The lowest BCUT2D eigenvalue weighted by molar-refractivity contribution is 0.177. The van der Waals surface area contributed by atoms with Gasteiger partial charge >= 0.3 is 6.09 Å². The van der Waals surface area contributed by atoms with E-state index < -0.39 is 0 Å². The van der Waals surface area contributed by atoms with Gasteiger partial charge in [0.25, 0.3) is 0 Å². The predicted molar refractivity (Wildman–Crippen MR) is 79.8 cm³/mol. The number of hydrogen-bond acceptors (Lipinski definition) is 3. The highest BCUT2D eigenvalue weighted by Crippen LogP contribution is 2.25. The summed E-state index contributed by atoms with van der Waals surface area (Å²) in [5, 5.41) is 0. The van der Waals surface area contributed by atoms with Crippen LogP contribution < -0.4 is 4.90 Å². The molecule has 1 aromatic heterocycles. The molecule has 1 aliphatic rings. The summed E-state index contributed by atoms with van der Waals surface area (Å²) in [5.41, 5.74) is 1.22. The number of carbonyl (C=O) groups excluding carboxylic acids is 1. The van der Waals surface area contributed by atoms with Crippen LogP contribution in [0.5, 0.6) is 0 Å². The number of ether oxygens (including phenoxy) is 1. The molecule has 20 heavy (non-hydrogen) atoms. The van der Waals surface area contributed by atoms with Gasteiger partial charge in [-0.05, 0) is 29.9 Å². The molecule has 2 heterocycles. The number of cyclic esters (lactones) is 1. The molecule has 0 spiro atoms. The molecule has 0 unspecified atom stereocenters. The van der Waals surface area contributed by atoms with Gasteiger partial charge in [-0.25, -0.2) is 9.78 Å². The Bertz CT molecular complexity index is 456. The first kappa shape index (κ1) is 14.8. The highest BCUT2D eigenvalue weighted by molar-refractivity contribution is 5.89. The SMILES string of the molecule is CC[C@@H](C)Cc1ccc(N2C(=O)OC[C@H]2C(C)C)nc1. The molecular weight excluding hydrogens is 252 g/mol. The average Bonchev–Trinajstić information content (AvgIpc) is 2.81. The third-order valence-corrected chi connectivity index (χ3v) is 4.01. The van der Waals surface area contributed by atoms with Crippen LogP contribution in [0.2, 0.25) is 0 Å². The van der Waals surface area contributed by atoms with E-state index in [4.69, 9.17) is 4.74 Å². The van der Waals surface area contributed by atoms with E-state index in [2.05, 4.69) is 38.7 Å². The highest BCUT2D eigenvalue weighted by atomic mass is 16.6. The molecule has 0 aliphatic carbocycles. The smallest absolute Gasteiger partial charge is 0.415 e. The number of carbonyl (C=O) groups is 1. The van der Waals surface area contributed by atoms with Crippen LogP contribution >= 0.6 is 0 Å². The lowest BCUT2D eigenvalue weighted by atomic mass is 10.00. The van der Waals surface area contributed by atoms with Gasteiger partial charge in [-0.1, -0.05) is 40.2 Å². The standard InChI is InChI=1S/C16H24N2O2/c1-5-12(4)8-13-6-7-15(17-9-13)18-14(11(2)3)10-20-16(18)19/h6-7,9,11-12,14H,5,8,10H2,1-4H3/t12-,14+/m1/s1. The van der Waals surface area contributed by atoms with Crippen molar-refractivity contribution < 1.29 is 9.53 Å². The van der Waals surface area contributed by atoms with Crippen molar-refractivity contribution in [3.05, 3.63) is 23.9 Å². The van der Waals surface area contributed by atoms with Crippen LogP contribution in [0.3, 0.4) is 0 Å². The molecule has 1 aromatic rings. The second-order valence-corrected chi connectivity index (χ2v) is 6.00. The molecule has 2 rings (SSSR count). The fourth-order valence-corrected chi connectivity index (χ4v) is 2.42. The minimum absolute atomic E-state index is 0.0791. The van der Waals surface area contributed by atoms with E-state index >= 15 is 0 Å². The molecule has 1 aliphatic heterocycles. The quantitative estimate of drug-likeness (QED) is 0.824. The van der Waals surface area contributed by atoms with Crippen molar-refractivity contribution in [2.24, 2.45) is 11.8 Å². The maximum atomic E-state index is 11.9. The van der Waals surface area contributed by atoms with Crippen LogP contribution in [-0.2, 0) is 11.2 Å². The number of anilines is 1. The number of nitrogens with zero attached hydrogens (tertiary/aromatic N) is 2. The van der Waals surface area contributed by atoms with Crippen molar-refractivity contribution in [2.45, 2.75) is 46.6 Å². The number of amides is 1. The molecule has 0 aromatic carbocycles. The third kappa shape index (κ3) is 3.11. The van der Waals surface area contributed by atoms with Gasteiger partial charge in [-0.3, -0.25) is 4.90 Å². The topological polar surface area (TPSA) is 42.4 Å². The molecule has 1 saturated heterocycles. The zero-order valence-electron chi connectivity index (χ0n) is 12.8. The minimum Gasteiger partial charge on any atom is -0.447 e. The lowest BCUT2D eigenvalue weighted by Gasteiger charge is -2.23. The number of aromatic nitrogens is 1. The van der Waals surface area contributed by atoms with Crippen LogP contribution in [0.1, 0.15) is 39.7 Å². The molecule has 110 valence electrons. The molecule has 4 heteroatoms. The Kier molecular flexibility index (Phi) is 4.63. The largest absolute Gasteiger partial charge is 0.447 e. The molecule has 4 nitrogen and oxygen atoms in total. The summed E-state index contributed by atoms with van der Waals surface area (Å²) >= 11 is 0. The number of hydrogen-bond donors (Lipinski definition) is 0. The Morgan fingerprint density at radius 1 is 1.40 bits per heavy atom. The molecule has 1 fully saturated rings. The Labute approximate surface area is 121 Å². The fraction of sp³-hybridized carbons (Fsp3) is 0.625. The third-order valence-electron chi connectivity index (χ3n) is 4.01. The minimum atomic E-state index is -0.286. The normalized spacial score (nSPS) is 20.4. The molecule has 0 saturated carbocycles. The Morgan fingerprint density at radius 2 is 2.15 bits per heavy atom. The zero-order chi connectivity index (χ0) is 14.7. The van der Waals surface area contributed by atoms with Crippen LogP contribution in [0.25, 0.3) is 0 Å². The second kappa shape index (κ2) is 6.25. The van der Waals surface area contributed by atoms with Gasteiger partial charge in [0.2, 0.25) is 0 Å². The van der Waals surface area contributed by atoms with Gasteiger partial charge in [0, 0.05) is 6.20 Å². The van der Waals surface area contributed by atoms with Crippen molar-refractivity contribution >= 4 is 11.9 Å². The van der Waals surface area contributed by atoms with E-state index in [1.54, 1.807) is 4.90 Å². The van der Waals surface area contributed by atoms with Crippen LogP contribution in [0.4, 0.5) is 10.6 Å². The number of rotatable bonds is 5. The predicted octanol–water partition coefficient (Wildman–Crippen LogP) is 3.65. The van der Waals surface area contributed by atoms with Crippen molar-refractivity contribution in [3.8, 4) is 0 Å². The molecule has 1 amide bonds. The van der Waals surface area contributed by atoms with Gasteiger partial charge in [-0.2, -0.15) is 0 Å². The summed E-state index contributed by atoms with van der Waals surface area (Å²) in [7, 11) is 0. The van der Waals surface area contributed by atoms with Crippen LogP contribution in [-0.4, -0.2) is 23.7 Å². The van der Waals surface area contributed by atoms with Crippen LogP contribution in [0.15, 0.2) is 18.3 Å². The van der Waals surface area contributed by atoms with E-state index in [1.165, 1.54) is 5.56 Å². The highest BCUT2D eigenvalue weighted by Gasteiger charge is 2.36. The van der Waals surface area contributed by atoms with E-state index in [0.717, 1.165) is 12.8 Å². The van der Waals surface area contributed by atoms with E-state index in [0.29, 0.717) is 24.3 Å². The average molecular weight is 276 g/mol. The first-order valence-corrected chi connectivity index (χ1v) is 7.43. The van der Waals surface area contributed by atoms with Gasteiger partial charge in [0.05, 0.1) is 6.04 Å². The summed E-state index contributed by atoms with van der Waals surface area (Å²) in [6.07, 6.45) is 3.79. The summed E-state index contributed by atoms with van der Waals surface area (Å²) in [6, 6.07) is 4.08. The summed E-state index contributed by atoms with van der Waals surface area (Å²) in [4.78, 5) is 18.0. The fourth-order valence-electron chi connectivity index (χ4n) is 2.42. The van der Waals surface area contributed by atoms with E-state index in [1.807, 2.05) is 12.3 Å². The van der Waals surface area contributed by atoms with Gasteiger partial charge < -0.3 is 4.74 Å². The first-order valence-electron chi connectivity index (χ1n) is 7.43. The molecular formula is C16H24N2O2. The van der Waals surface area contributed by atoms with Crippen molar-refractivity contribution in [1.29, 1.82) is 0 Å². The molecule has 0 bridgehead atoms. The summed E-state index contributed by atoms with van der Waals surface area (Å²) in [5.74, 6) is 1.70.